The lowest BCUT2D eigenvalue weighted by Crippen LogP contribution is -2.56. The lowest BCUT2D eigenvalue weighted by molar-refractivity contribution is -0.141. The van der Waals surface area contributed by atoms with Crippen LogP contribution in [0.5, 0.6) is 0 Å². The van der Waals surface area contributed by atoms with Crippen molar-refractivity contribution in [3.63, 3.8) is 0 Å². The van der Waals surface area contributed by atoms with E-state index in [1.807, 2.05) is 54.6 Å². The zero-order chi connectivity index (χ0) is 29.3. The van der Waals surface area contributed by atoms with Gasteiger partial charge in [0.2, 0.25) is 17.7 Å². The zero-order valence-corrected chi connectivity index (χ0v) is 25.6. The molecule has 2 aromatic carbocycles. The van der Waals surface area contributed by atoms with E-state index < -0.39 is 29.6 Å². The molecule has 9 heteroatoms. The third-order valence-corrected chi connectivity index (χ3v) is 9.75. The Hall–Kier alpha value is -3.01. The molecule has 2 bridgehead atoms. The van der Waals surface area contributed by atoms with E-state index in [-0.39, 0.29) is 23.8 Å². The van der Waals surface area contributed by atoms with Crippen molar-refractivity contribution in [2.75, 3.05) is 25.5 Å². The maximum absolute atomic E-state index is 14.2. The van der Waals surface area contributed by atoms with Crippen molar-refractivity contribution in [3.8, 4) is 0 Å². The highest BCUT2D eigenvalue weighted by Gasteiger charge is 2.72. The molecule has 1 unspecified atom stereocenters. The minimum absolute atomic E-state index is 0.106. The summed E-state index contributed by atoms with van der Waals surface area (Å²) < 4.78 is 7.40. The summed E-state index contributed by atoms with van der Waals surface area (Å²) in [5, 5.41) is 6.24. The van der Waals surface area contributed by atoms with Crippen LogP contribution in [0.25, 0.3) is 0 Å². The quantitative estimate of drug-likeness (QED) is 0.375. The highest BCUT2D eigenvalue weighted by atomic mass is 79.9. The lowest BCUT2D eigenvalue weighted by atomic mass is 9.74. The summed E-state index contributed by atoms with van der Waals surface area (Å²) >= 11 is 3.42. The Morgan fingerprint density at radius 2 is 1.79 bits per heavy atom. The number of nitrogens with zero attached hydrogens (tertiary/aromatic N) is 2. The van der Waals surface area contributed by atoms with E-state index in [1.165, 1.54) is 12.0 Å². The number of fused-ring (bicyclic) bond motifs is 1. The van der Waals surface area contributed by atoms with Crippen molar-refractivity contribution in [2.24, 2.45) is 11.8 Å². The van der Waals surface area contributed by atoms with Gasteiger partial charge in [-0.3, -0.25) is 14.4 Å². The van der Waals surface area contributed by atoms with Gasteiger partial charge in [0.25, 0.3) is 0 Å². The van der Waals surface area contributed by atoms with Crippen molar-refractivity contribution in [1.82, 2.24) is 15.1 Å². The van der Waals surface area contributed by atoms with Crippen LogP contribution >= 0.6 is 15.9 Å². The van der Waals surface area contributed by atoms with Crippen LogP contribution in [-0.4, -0.2) is 71.4 Å². The first-order chi connectivity index (χ1) is 20.4. The summed E-state index contributed by atoms with van der Waals surface area (Å²) in [6.07, 6.45) is 9.19. The molecule has 3 heterocycles. The van der Waals surface area contributed by atoms with Gasteiger partial charge in [-0.2, -0.15) is 0 Å². The van der Waals surface area contributed by atoms with Crippen LogP contribution in [0.15, 0.2) is 71.2 Å². The predicted molar refractivity (Wildman–Crippen MR) is 164 cm³/mol. The number of carbonyl (C=O) groups excluding carboxylic acids is 3. The average molecular weight is 636 g/mol. The first-order valence-electron chi connectivity index (χ1n) is 15.1. The molecule has 8 nitrogen and oxygen atoms in total. The molecule has 2 aromatic rings. The van der Waals surface area contributed by atoms with Gasteiger partial charge in [-0.25, -0.2) is 0 Å². The number of rotatable bonds is 10. The molecule has 222 valence electrons. The van der Waals surface area contributed by atoms with Gasteiger partial charge in [0, 0.05) is 29.3 Å². The van der Waals surface area contributed by atoms with Crippen molar-refractivity contribution in [1.29, 1.82) is 0 Å². The van der Waals surface area contributed by atoms with Crippen LogP contribution in [0.3, 0.4) is 0 Å². The summed E-state index contributed by atoms with van der Waals surface area (Å²) in [6, 6.07) is 16.9. The average Bonchev–Trinajstić information content (AvgIpc) is 3.63. The molecule has 6 rings (SSSR count). The minimum atomic E-state index is -1.14. The van der Waals surface area contributed by atoms with Crippen LogP contribution < -0.4 is 10.6 Å². The van der Waals surface area contributed by atoms with Gasteiger partial charge in [0.15, 0.2) is 0 Å². The predicted octanol–water partition coefficient (Wildman–Crippen LogP) is 4.51. The van der Waals surface area contributed by atoms with Gasteiger partial charge in [-0.1, -0.05) is 77.7 Å². The smallest absolute Gasteiger partial charge is 0.246 e. The normalized spacial score (nSPS) is 28.4. The molecule has 2 saturated heterocycles. The third-order valence-electron chi connectivity index (χ3n) is 9.22. The maximum Gasteiger partial charge on any atom is 0.246 e. The molecule has 2 N–H and O–H groups in total. The Balaban J connectivity index is 1.21. The molecule has 0 aromatic heterocycles. The Labute approximate surface area is 256 Å². The summed E-state index contributed by atoms with van der Waals surface area (Å²) in [5.74, 6) is -2.06. The number of benzene rings is 2. The summed E-state index contributed by atoms with van der Waals surface area (Å²) in [6.45, 7) is 1.99. The first-order valence-corrected chi connectivity index (χ1v) is 15.9. The Bertz CT molecular complexity index is 1330. The van der Waals surface area contributed by atoms with Crippen LogP contribution in [0.1, 0.15) is 44.1 Å². The molecule has 3 fully saturated rings. The van der Waals surface area contributed by atoms with Gasteiger partial charge in [0.05, 0.1) is 17.9 Å². The van der Waals surface area contributed by atoms with E-state index in [0.29, 0.717) is 18.7 Å². The van der Waals surface area contributed by atoms with E-state index in [4.69, 9.17) is 4.74 Å². The molecule has 4 aliphatic rings. The molecule has 3 aliphatic heterocycles. The number of amides is 3. The molecule has 0 radical (unpaired) electrons. The second kappa shape index (κ2) is 12.3. The summed E-state index contributed by atoms with van der Waals surface area (Å²) in [7, 11) is 2.06. The molecule has 1 spiro atoms. The fourth-order valence-electron chi connectivity index (χ4n) is 7.28. The van der Waals surface area contributed by atoms with E-state index in [9.17, 15) is 14.4 Å². The number of nitrogens with one attached hydrogen (secondary N) is 2. The van der Waals surface area contributed by atoms with E-state index >= 15 is 0 Å². The van der Waals surface area contributed by atoms with Crippen LogP contribution in [0.2, 0.25) is 0 Å². The monoisotopic (exact) mass is 634 g/mol. The Morgan fingerprint density at radius 1 is 1.05 bits per heavy atom. The number of anilines is 1. The van der Waals surface area contributed by atoms with Crippen molar-refractivity contribution in [2.45, 2.75) is 68.9 Å². The molecule has 1 aliphatic carbocycles. The molecule has 42 heavy (non-hydrogen) atoms. The van der Waals surface area contributed by atoms with Gasteiger partial charge in [0.1, 0.15) is 11.6 Å². The molecular formula is C33H39BrN4O4. The third kappa shape index (κ3) is 5.66. The van der Waals surface area contributed by atoms with Gasteiger partial charge < -0.3 is 25.2 Å². The first kappa shape index (κ1) is 29.1. The topological polar surface area (TPSA) is 91.0 Å². The zero-order valence-electron chi connectivity index (χ0n) is 24.0. The van der Waals surface area contributed by atoms with Gasteiger partial charge >= 0.3 is 0 Å². The van der Waals surface area contributed by atoms with Gasteiger partial charge in [-0.05, 0) is 62.7 Å². The van der Waals surface area contributed by atoms with E-state index in [2.05, 4.69) is 50.6 Å². The number of halogens is 1. The Kier molecular flexibility index (Phi) is 8.52. The summed E-state index contributed by atoms with van der Waals surface area (Å²) in [5.41, 5.74) is 0.739. The maximum atomic E-state index is 14.2. The van der Waals surface area contributed by atoms with Crippen LogP contribution in [0, 0.1) is 11.8 Å². The van der Waals surface area contributed by atoms with Crippen LogP contribution in [0.4, 0.5) is 5.69 Å². The Morgan fingerprint density at radius 3 is 2.52 bits per heavy atom. The van der Waals surface area contributed by atoms with Crippen molar-refractivity contribution < 1.29 is 19.1 Å². The standard InChI is InChI=1S/C33H39BrN4O4/c1-37(21-22-9-4-2-5-10-22)19-8-20-38-29(31(40)36-24-11-6-3-7-12-24)33-18-17-26(42-33)27(28(33)32(38)41)30(39)35-25-15-13-23(34)14-16-25/h2,4-5,9-10,13-18,24,26-29H,3,6-8,11-12,19-21H2,1H3,(H,35,39)(H,36,40)/t26-,27-,28+,29?,33+/m0/s1. The lowest BCUT2D eigenvalue weighted by Gasteiger charge is -2.34. The fraction of sp³-hybridized carbons (Fsp3) is 0.485. The SMILES string of the molecule is CN(CCCN1C(=O)[C@H]2[C@@H](C(=O)Nc3ccc(Br)cc3)[C@@H]3C=C[C@]2(O3)C1C(=O)NC1CCCCC1)Cc1ccccc1. The highest BCUT2D eigenvalue weighted by Crippen LogP contribution is 2.55. The van der Waals surface area contributed by atoms with Gasteiger partial charge in [-0.15, -0.1) is 0 Å². The van der Waals surface area contributed by atoms with Crippen molar-refractivity contribution in [3.05, 3.63) is 76.8 Å². The van der Waals surface area contributed by atoms with Crippen molar-refractivity contribution >= 4 is 39.3 Å². The second-order valence-corrected chi connectivity index (χ2v) is 13.1. The number of likely N-dealkylation sites (tertiary alicyclic amines) is 1. The number of hydrogen-bond acceptors (Lipinski definition) is 5. The largest absolute Gasteiger partial charge is 0.359 e. The number of ether oxygens (including phenoxy) is 1. The molecule has 1 saturated carbocycles. The second-order valence-electron chi connectivity index (χ2n) is 12.1. The van der Waals surface area contributed by atoms with Crippen LogP contribution in [-0.2, 0) is 25.7 Å². The molecule has 3 amide bonds. The van der Waals surface area contributed by atoms with E-state index in [0.717, 1.165) is 43.2 Å². The molecular weight excluding hydrogens is 596 g/mol. The fourth-order valence-corrected chi connectivity index (χ4v) is 7.54. The minimum Gasteiger partial charge on any atom is -0.359 e. The number of hydrogen-bond donors (Lipinski definition) is 2. The summed E-state index contributed by atoms with van der Waals surface area (Å²) in [4.78, 5) is 45.7. The highest BCUT2D eigenvalue weighted by molar-refractivity contribution is 9.10. The molecule has 5 atom stereocenters. The number of carbonyl (C=O) groups is 3. The van der Waals surface area contributed by atoms with E-state index in [1.54, 1.807) is 4.90 Å².